The van der Waals surface area contributed by atoms with Gasteiger partial charge in [-0.1, -0.05) is 60.7 Å². The second-order valence-corrected chi connectivity index (χ2v) is 7.17. The van der Waals surface area contributed by atoms with Crippen molar-refractivity contribution < 1.29 is 4.42 Å². The zero-order valence-electron chi connectivity index (χ0n) is 16.6. The summed E-state index contributed by atoms with van der Waals surface area (Å²) in [6.07, 6.45) is 5.63. The van der Waals surface area contributed by atoms with E-state index >= 15 is 0 Å². The first-order valence-corrected chi connectivity index (χ1v) is 10.2. The number of hydrogen-bond donors (Lipinski definition) is 2. The minimum Gasteiger partial charge on any atom is -0.437 e. The highest BCUT2D eigenvalue weighted by molar-refractivity contribution is 6.05. The van der Waals surface area contributed by atoms with Gasteiger partial charge in [0.1, 0.15) is 17.9 Å². The van der Waals surface area contributed by atoms with Gasteiger partial charge in [0.15, 0.2) is 0 Å². The third-order valence-corrected chi connectivity index (χ3v) is 5.22. The molecule has 0 spiro atoms. The van der Waals surface area contributed by atoms with E-state index in [1.165, 1.54) is 0 Å². The summed E-state index contributed by atoms with van der Waals surface area (Å²) in [5.41, 5.74) is 3.71. The Morgan fingerprint density at radius 2 is 1.73 bits per heavy atom. The Morgan fingerprint density at radius 1 is 0.967 bits per heavy atom. The number of aromatic nitrogens is 2. The second kappa shape index (κ2) is 8.29. The third kappa shape index (κ3) is 3.59. The third-order valence-electron chi connectivity index (χ3n) is 5.22. The number of rotatable bonds is 6. The molecule has 30 heavy (non-hydrogen) atoms. The van der Waals surface area contributed by atoms with E-state index in [2.05, 4.69) is 56.0 Å². The van der Waals surface area contributed by atoms with Crippen LogP contribution < -0.4 is 10.6 Å². The largest absolute Gasteiger partial charge is 0.437 e. The molecule has 0 saturated heterocycles. The summed E-state index contributed by atoms with van der Waals surface area (Å²) in [5.74, 6) is 1.61. The van der Waals surface area contributed by atoms with Gasteiger partial charge in [0.2, 0.25) is 5.71 Å². The van der Waals surface area contributed by atoms with E-state index in [0.29, 0.717) is 5.71 Å². The molecule has 1 aliphatic heterocycles. The molecule has 0 amide bonds. The molecule has 5 rings (SSSR count). The molecule has 0 radical (unpaired) electrons. The molecule has 0 saturated carbocycles. The highest BCUT2D eigenvalue weighted by Crippen LogP contribution is 2.42. The number of nitrogens with zero attached hydrogens (tertiary/aromatic N) is 3. The van der Waals surface area contributed by atoms with Gasteiger partial charge in [0.25, 0.3) is 0 Å². The van der Waals surface area contributed by atoms with E-state index in [-0.39, 0.29) is 0 Å². The van der Waals surface area contributed by atoms with E-state index in [9.17, 15) is 0 Å². The molecule has 150 valence electrons. The van der Waals surface area contributed by atoms with Gasteiger partial charge in [-0.15, -0.1) is 0 Å². The molecule has 6 nitrogen and oxygen atoms in total. The van der Waals surface area contributed by atoms with Gasteiger partial charge in [0.05, 0.1) is 5.39 Å². The van der Waals surface area contributed by atoms with Gasteiger partial charge in [-0.25, -0.2) is 9.97 Å². The molecule has 2 aromatic heterocycles. The van der Waals surface area contributed by atoms with E-state index in [4.69, 9.17) is 4.42 Å². The monoisotopic (exact) mass is 397 g/mol. The Kier molecular flexibility index (Phi) is 5.04. The maximum Gasteiger partial charge on any atom is 0.232 e. The Bertz CT molecular complexity index is 1150. The fraction of sp³-hybridized carbons (Fsp3) is 0.167. The summed E-state index contributed by atoms with van der Waals surface area (Å²) in [4.78, 5) is 11.3. The summed E-state index contributed by atoms with van der Waals surface area (Å²) in [5, 5.41) is 7.63. The molecular weight excluding hydrogens is 374 g/mol. The van der Waals surface area contributed by atoms with Crippen LogP contribution in [0.5, 0.6) is 0 Å². The van der Waals surface area contributed by atoms with Crippen LogP contribution >= 0.6 is 0 Å². The molecule has 0 unspecified atom stereocenters. The van der Waals surface area contributed by atoms with Crippen molar-refractivity contribution in [1.82, 2.24) is 20.2 Å². The quantitative estimate of drug-likeness (QED) is 0.504. The van der Waals surface area contributed by atoms with Gasteiger partial charge in [0, 0.05) is 49.7 Å². The molecular formula is C24H23N5O. The zero-order chi connectivity index (χ0) is 20.2. The van der Waals surface area contributed by atoms with Crippen LogP contribution in [0.1, 0.15) is 0 Å². The number of furan rings is 1. The lowest BCUT2D eigenvalue weighted by Gasteiger charge is -2.24. The number of fused-ring (bicyclic) bond motifs is 1. The van der Waals surface area contributed by atoms with Crippen molar-refractivity contribution in [3.63, 3.8) is 0 Å². The minimum atomic E-state index is 0.590. The van der Waals surface area contributed by atoms with Gasteiger partial charge in [-0.3, -0.25) is 0 Å². The first-order chi connectivity index (χ1) is 14.9. The summed E-state index contributed by atoms with van der Waals surface area (Å²) in [6, 6.07) is 20.4. The number of benzene rings is 2. The van der Waals surface area contributed by atoms with Crippen molar-refractivity contribution in [2.75, 3.05) is 31.5 Å². The summed E-state index contributed by atoms with van der Waals surface area (Å²) >= 11 is 0. The lowest BCUT2D eigenvalue weighted by Crippen LogP contribution is -2.34. The van der Waals surface area contributed by atoms with Gasteiger partial charge >= 0.3 is 0 Å². The van der Waals surface area contributed by atoms with Gasteiger partial charge in [-0.05, 0) is 5.56 Å². The second-order valence-electron chi connectivity index (χ2n) is 7.17. The topological polar surface area (TPSA) is 66.2 Å². The van der Waals surface area contributed by atoms with Crippen molar-refractivity contribution in [1.29, 1.82) is 0 Å². The van der Waals surface area contributed by atoms with Crippen molar-refractivity contribution in [2.24, 2.45) is 0 Å². The summed E-state index contributed by atoms with van der Waals surface area (Å²) < 4.78 is 6.26. The van der Waals surface area contributed by atoms with Crippen molar-refractivity contribution in [3.8, 4) is 22.5 Å². The van der Waals surface area contributed by atoms with Crippen molar-refractivity contribution in [3.05, 3.63) is 79.4 Å². The highest BCUT2D eigenvalue weighted by atomic mass is 16.3. The molecule has 6 heteroatoms. The normalized spacial score (nSPS) is 13.4. The Hall–Kier alpha value is -3.80. The van der Waals surface area contributed by atoms with Crippen LogP contribution in [0.2, 0.25) is 0 Å². The Morgan fingerprint density at radius 3 is 2.47 bits per heavy atom. The fourth-order valence-electron chi connectivity index (χ4n) is 3.77. The van der Waals surface area contributed by atoms with Gasteiger partial charge in [-0.2, -0.15) is 0 Å². The minimum absolute atomic E-state index is 0.590. The number of anilines is 1. The predicted molar refractivity (Wildman–Crippen MR) is 120 cm³/mol. The Labute approximate surface area is 175 Å². The molecule has 4 aromatic rings. The molecule has 3 heterocycles. The standard InChI is InChI=1S/C24H23N5O/c1-3-7-18(8-4-1)20-21-23(26-13-16-29-14-11-25-12-15-29)27-17-28-24(21)30-22(20)19-9-5-2-6-10-19/h1-11,14,17,25H,12-13,15-16H2,(H,26,27,28). The molecule has 1 aliphatic rings. The number of hydrogen-bond acceptors (Lipinski definition) is 6. The maximum atomic E-state index is 6.26. The van der Waals surface area contributed by atoms with Crippen LogP contribution in [0, 0.1) is 0 Å². The zero-order valence-corrected chi connectivity index (χ0v) is 16.6. The van der Waals surface area contributed by atoms with Crippen molar-refractivity contribution >= 4 is 16.9 Å². The average molecular weight is 397 g/mol. The summed E-state index contributed by atoms with van der Waals surface area (Å²) in [7, 11) is 0. The van der Waals surface area contributed by atoms with E-state index in [0.717, 1.165) is 59.8 Å². The highest BCUT2D eigenvalue weighted by Gasteiger charge is 2.21. The van der Waals surface area contributed by atoms with Crippen LogP contribution in [-0.2, 0) is 0 Å². The van der Waals surface area contributed by atoms with Crippen LogP contribution in [0.3, 0.4) is 0 Å². The smallest absolute Gasteiger partial charge is 0.232 e. The average Bonchev–Trinajstić information content (AvgIpc) is 3.21. The van der Waals surface area contributed by atoms with Gasteiger partial charge < -0.3 is 20.0 Å². The molecule has 2 N–H and O–H groups in total. The van der Waals surface area contributed by atoms with Crippen molar-refractivity contribution in [2.45, 2.75) is 0 Å². The van der Waals surface area contributed by atoms with Crippen LogP contribution in [0.4, 0.5) is 5.82 Å². The van der Waals surface area contributed by atoms with Crippen LogP contribution in [0.25, 0.3) is 33.6 Å². The molecule has 0 aliphatic carbocycles. The lowest BCUT2D eigenvalue weighted by atomic mass is 9.99. The first kappa shape index (κ1) is 18.2. The SMILES string of the molecule is C1=CN(CCNc2ncnc3oc(-c4ccccc4)c(-c4ccccc4)c23)CCN1. The molecule has 0 atom stereocenters. The van der Waals surface area contributed by atoms with E-state index in [1.54, 1.807) is 6.33 Å². The number of nitrogens with one attached hydrogen (secondary N) is 2. The van der Waals surface area contributed by atoms with E-state index < -0.39 is 0 Å². The van der Waals surface area contributed by atoms with Crippen LogP contribution in [-0.4, -0.2) is 41.0 Å². The lowest BCUT2D eigenvalue weighted by molar-refractivity contribution is 0.372. The maximum absolute atomic E-state index is 6.26. The molecule has 2 aromatic carbocycles. The van der Waals surface area contributed by atoms with E-state index in [1.807, 2.05) is 42.6 Å². The molecule has 0 fully saturated rings. The predicted octanol–water partition coefficient (Wildman–Crippen LogP) is 4.35. The van der Waals surface area contributed by atoms with Crippen LogP contribution in [0.15, 0.2) is 83.8 Å². The summed E-state index contributed by atoms with van der Waals surface area (Å²) in [6.45, 7) is 3.63. The Balaban J connectivity index is 1.56. The fourth-order valence-corrected chi connectivity index (χ4v) is 3.77. The first-order valence-electron chi connectivity index (χ1n) is 10.2. The molecule has 0 bridgehead atoms.